The smallest absolute Gasteiger partial charge is 0.131 e. The Balaban J connectivity index is 2.27. The Bertz CT molecular complexity index is 540. The second-order valence-corrected chi connectivity index (χ2v) is 4.64. The number of hydrogen-bond acceptors (Lipinski definition) is 1. The van der Waals surface area contributed by atoms with Gasteiger partial charge in [0.15, 0.2) is 0 Å². The summed E-state index contributed by atoms with van der Waals surface area (Å²) >= 11 is 0. The van der Waals surface area contributed by atoms with Crippen LogP contribution < -0.4 is 0 Å². The molecular weight excluding hydrogens is 220 g/mol. The zero-order valence-corrected chi connectivity index (χ0v) is 10.5. The van der Waals surface area contributed by atoms with Gasteiger partial charge in [-0.15, -0.1) is 0 Å². The SMILES string of the molecule is CC(=O)CC1(C#Cc2ccccc2)C=CC=CC1. The van der Waals surface area contributed by atoms with Gasteiger partial charge in [-0.1, -0.05) is 54.3 Å². The summed E-state index contributed by atoms with van der Waals surface area (Å²) in [6.07, 6.45) is 9.39. The van der Waals surface area contributed by atoms with Gasteiger partial charge in [0.1, 0.15) is 5.78 Å². The number of hydrogen-bond donors (Lipinski definition) is 0. The van der Waals surface area contributed by atoms with Crippen LogP contribution in [0.1, 0.15) is 25.3 Å². The molecule has 1 unspecified atom stereocenters. The summed E-state index contributed by atoms with van der Waals surface area (Å²) in [6.45, 7) is 1.62. The van der Waals surface area contributed by atoms with Crippen molar-refractivity contribution in [2.24, 2.45) is 5.41 Å². The molecule has 0 spiro atoms. The lowest BCUT2D eigenvalue weighted by Crippen LogP contribution is -2.20. The second-order valence-electron chi connectivity index (χ2n) is 4.64. The normalized spacial score (nSPS) is 21.2. The van der Waals surface area contributed by atoms with Crippen LogP contribution in [0.15, 0.2) is 54.6 Å². The average Bonchev–Trinajstić information content (AvgIpc) is 2.38. The predicted molar refractivity (Wildman–Crippen MR) is 73.9 cm³/mol. The van der Waals surface area contributed by atoms with Crippen molar-refractivity contribution in [2.45, 2.75) is 19.8 Å². The maximum absolute atomic E-state index is 11.4. The van der Waals surface area contributed by atoms with Crippen molar-refractivity contribution in [3.63, 3.8) is 0 Å². The minimum absolute atomic E-state index is 0.178. The van der Waals surface area contributed by atoms with Crippen LogP contribution in [0.4, 0.5) is 0 Å². The van der Waals surface area contributed by atoms with Gasteiger partial charge in [0.05, 0.1) is 5.41 Å². The zero-order valence-electron chi connectivity index (χ0n) is 10.5. The number of carbonyl (C=O) groups is 1. The Morgan fingerprint density at radius 3 is 2.67 bits per heavy atom. The number of ketones is 1. The molecule has 2 rings (SSSR count). The molecule has 0 aromatic heterocycles. The van der Waals surface area contributed by atoms with E-state index in [0.717, 1.165) is 12.0 Å². The van der Waals surface area contributed by atoms with Crippen LogP contribution in [-0.4, -0.2) is 5.78 Å². The van der Waals surface area contributed by atoms with E-state index in [1.165, 1.54) is 0 Å². The fourth-order valence-corrected chi connectivity index (χ4v) is 2.10. The van der Waals surface area contributed by atoms with Crippen molar-refractivity contribution in [1.82, 2.24) is 0 Å². The number of allylic oxidation sites excluding steroid dienone is 4. The van der Waals surface area contributed by atoms with E-state index in [1.54, 1.807) is 6.92 Å². The first-order chi connectivity index (χ1) is 8.70. The van der Waals surface area contributed by atoms with Gasteiger partial charge in [0, 0.05) is 12.0 Å². The molecule has 0 aliphatic heterocycles. The number of rotatable bonds is 2. The summed E-state index contributed by atoms with van der Waals surface area (Å²) in [5.41, 5.74) is 0.666. The van der Waals surface area contributed by atoms with E-state index in [1.807, 2.05) is 48.6 Å². The largest absolute Gasteiger partial charge is 0.300 e. The number of Topliss-reactive ketones (excluding diaryl/α,β-unsaturated/α-hetero) is 1. The Hall–Kier alpha value is -2.07. The standard InChI is InChI=1S/C17H16O/c1-15(18)14-17(11-6-3-7-12-17)13-10-16-8-4-2-5-9-16/h2-9,11H,12,14H2,1H3. The van der Waals surface area contributed by atoms with Crippen LogP contribution in [0.3, 0.4) is 0 Å². The first-order valence-corrected chi connectivity index (χ1v) is 6.12. The van der Waals surface area contributed by atoms with E-state index in [0.29, 0.717) is 6.42 Å². The molecule has 1 nitrogen and oxygen atoms in total. The highest BCUT2D eigenvalue weighted by atomic mass is 16.1. The zero-order chi connectivity index (χ0) is 12.8. The third-order valence-electron chi connectivity index (χ3n) is 2.94. The lowest BCUT2D eigenvalue weighted by molar-refractivity contribution is -0.118. The molecule has 0 N–H and O–H groups in total. The molecule has 0 heterocycles. The number of carbonyl (C=O) groups excluding carboxylic acids is 1. The maximum Gasteiger partial charge on any atom is 0.131 e. The Kier molecular flexibility index (Phi) is 3.79. The molecule has 0 amide bonds. The summed E-state index contributed by atoms with van der Waals surface area (Å²) in [7, 11) is 0. The van der Waals surface area contributed by atoms with Gasteiger partial charge < -0.3 is 0 Å². The molecule has 1 aromatic carbocycles. The van der Waals surface area contributed by atoms with Crippen LogP contribution in [0.5, 0.6) is 0 Å². The molecule has 0 bridgehead atoms. The third kappa shape index (κ3) is 3.21. The van der Waals surface area contributed by atoms with Crippen molar-refractivity contribution < 1.29 is 4.79 Å². The Morgan fingerprint density at radius 1 is 1.28 bits per heavy atom. The molecule has 0 radical (unpaired) electrons. The maximum atomic E-state index is 11.4. The first kappa shape index (κ1) is 12.4. The molecular formula is C17H16O. The fourth-order valence-electron chi connectivity index (χ4n) is 2.10. The Morgan fingerprint density at radius 2 is 2.06 bits per heavy atom. The van der Waals surface area contributed by atoms with Crippen molar-refractivity contribution in [3.8, 4) is 11.8 Å². The van der Waals surface area contributed by atoms with Gasteiger partial charge in [-0.25, -0.2) is 0 Å². The van der Waals surface area contributed by atoms with E-state index in [9.17, 15) is 4.79 Å². The third-order valence-corrected chi connectivity index (χ3v) is 2.94. The van der Waals surface area contributed by atoms with Crippen LogP contribution in [0.2, 0.25) is 0 Å². The van der Waals surface area contributed by atoms with E-state index in [2.05, 4.69) is 17.9 Å². The predicted octanol–water partition coefficient (Wildman–Crippen LogP) is 3.52. The van der Waals surface area contributed by atoms with Crippen LogP contribution in [0.25, 0.3) is 0 Å². The summed E-state index contributed by atoms with van der Waals surface area (Å²) in [5, 5.41) is 0. The lowest BCUT2D eigenvalue weighted by Gasteiger charge is -2.24. The summed E-state index contributed by atoms with van der Waals surface area (Å²) in [4.78, 5) is 11.4. The molecule has 1 heteroatoms. The molecule has 18 heavy (non-hydrogen) atoms. The van der Waals surface area contributed by atoms with E-state index >= 15 is 0 Å². The summed E-state index contributed by atoms with van der Waals surface area (Å²) in [6, 6.07) is 9.88. The van der Waals surface area contributed by atoms with Gasteiger partial charge in [-0.2, -0.15) is 0 Å². The molecule has 0 saturated carbocycles. The van der Waals surface area contributed by atoms with Gasteiger partial charge in [-0.3, -0.25) is 4.79 Å². The van der Waals surface area contributed by atoms with E-state index < -0.39 is 0 Å². The van der Waals surface area contributed by atoms with Gasteiger partial charge in [-0.05, 0) is 25.5 Å². The van der Waals surface area contributed by atoms with Gasteiger partial charge in [0.25, 0.3) is 0 Å². The highest BCUT2D eigenvalue weighted by Gasteiger charge is 2.26. The second kappa shape index (κ2) is 5.51. The minimum Gasteiger partial charge on any atom is -0.300 e. The molecule has 0 fully saturated rings. The lowest BCUT2D eigenvalue weighted by atomic mass is 9.78. The topological polar surface area (TPSA) is 17.1 Å². The minimum atomic E-state index is -0.323. The first-order valence-electron chi connectivity index (χ1n) is 6.12. The average molecular weight is 236 g/mol. The monoisotopic (exact) mass is 236 g/mol. The van der Waals surface area contributed by atoms with Crippen LogP contribution in [-0.2, 0) is 4.79 Å². The summed E-state index contributed by atoms with van der Waals surface area (Å²) in [5.74, 6) is 6.63. The van der Waals surface area contributed by atoms with E-state index in [4.69, 9.17) is 0 Å². The molecule has 1 aliphatic carbocycles. The molecule has 1 aliphatic rings. The van der Waals surface area contributed by atoms with Crippen LogP contribution >= 0.6 is 0 Å². The van der Waals surface area contributed by atoms with Gasteiger partial charge >= 0.3 is 0 Å². The van der Waals surface area contributed by atoms with E-state index in [-0.39, 0.29) is 11.2 Å². The van der Waals surface area contributed by atoms with Gasteiger partial charge in [0.2, 0.25) is 0 Å². The van der Waals surface area contributed by atoms with Crippen molar-refractivity contribution in [2.75, 3.05) is 0 Å². The van der Waals surface area contributed by atoms with Crippen LogP contribution in [0, 0.1) is 17.3 Å². The molecule has 0 saturated heterocycles. The number of benzene rings is 1. The highest BCUT2D eigenvalue weighted by molar-refractivity contribution is 5.77. The summed E-state index contributed by atoms with van der Waals surface area (Å²) < 4.78 is 0. The van der Waals surface area contributed by atoms with Crippen molar-refractivity contribution in [3.05, 3.63) is 60.2 Å². The van der Waals surface area contributed by atoms with Crippen molar-refractivity contribution >= 4 is 5.78 Å². The molecule has 1 atom stereocenters. The molecule has 90 valence electrons. The van der Waals surface area contributed by atoms with Crippen molar-refractivity contribution in [1.29, 1.82) is 0 Å². The Labute approximate surface area is 108 Å². The fraction of sp³-hybridized carbons (Fsp3) is 0.235. The quantitative estimate of drug-likeness (QED) is 0.718. The highest BCUT2D eigenvalue weighted by Crippen LogP contribution is 2.31. The molecule has 1 aromatic rings.